The van der Waals surface area contributed by atoms with Gasteiger partial charge >= 0.3 is 0 Å². The van der Waals surface area contributed by atoms with Crippen molar-refractivity contribution >= 4 is 11.3 Å². The third kappa shape index (κ3) is 2.68. The van der Waals surface area contributed by atoms with Crippen molar-refractivity contribution in [3.8, 4) is 0 Å². The molecule has 0 aliphatic heterocycles. The van der Waals surface area contributed by atoms with E-state index in [1.54, 1.807) is 0 Å². The Morgan fingerprint density at radius 2 is 2.06 bits per heavy atom. The molecular weight excluding hydrogens is 242 g/mol. The average Bonchev–Trinajstić information content (AvgIpc) is 2.94. The van der Waals surface area contributed by atoms with Crippen molar-refractivity contribution < 1.29 is 4.42 Å². The highest BCUT2D eigenvalue weighted by atomic mass is 32.1. The van der Waals surface area contributed by atoms with Gasteiger partial charge in [0.1, 0.15) is 17.6 Å². The second-order valence-electron chi connectivity index (χ2n) is 4.54. The molecule has 2 aromatic heterocycles. The lowest BCUT2D eigenvalue weighted by molar-refractivity contribution is 0.428. The number of thiophene rings is 1. The Bertz CT molecular complexity index is 493. The standard InChI is InChI=1S/C15H21NOS/c1-5-12-7-8-13(17-12)15(16-6-2)14-9-10(3)11(4)18-14/h7-9,15-16H,5-6H2,1-4H3. The third-order valence-electron chi connectivity index (χ3n) is 3.19. The van der Waals surface area contributed by atoms with Crippen molar-refractivity contribution in [1.29, 1.82) is 0 Å². The smallest absolute Gasteiger partial charge is 0.126 e. The monoisotopic (exact) mass is 263 g/mol. The van der Waals surface area contributed by atoms with Gasteiger partial charge in [-0.1, -0.05) is 13.8 Å². The van der Waals surface area contributed by atoms with Crippen molar-refractivity contribution in [3.63, 3.8) is 0 Å². The molecule has 1 N–H and O–H groups in total. The van der Waals surface area contributed by atoms with Crippen LogP contribution in [0, 0.1) is 13.8 Å². The number of nitrogens with one attached hydrogen (secondary N) is 1. The lowest BCUT2D eigenvalue weighted by atomic mass is 10.1. The zero-order valence-corrected chi connectivity index (χ0v) is 12.4. The van der Waals surface area contributed by atoms with Crippen LogP contribution in [0.25, 0.3) is 0 Å². The topological polar surface area (TPSA) is 25.2 Å². The molecule has 2 heterocycles. The van der Waals surface area contributed by atoms with Crippen molar-refractivity contribution in [3.05, 3.63) is 45.0 Å². The first kappa shape index (κ1) is 13.4. The lowest BCUT2D eigenvalue weighted by Crippen LogP contribution is -2.20. The summed E-state index contributed by atoms with van der Waals surface area (Å²) in [7, 11) is 0. The fraction of sp³-hybridized carbons (Fsp3) is 0.467. The zero-order valence-electron chi connectivity index (χ0n) is 11.5. The quantitative estimate of drug-likeness (QED) is 0.873. The molecule has 0 amide bonds. The van der Waals surface area contributed by atoms with Gasteiger partial charge < -0.3 is 9.73 Å². The molecule has 0 aliphatic rings. The fourth-order valence-corrected chi connectivity index (χ4v) is 3.16. The van der Waals surface area contributed by atoms with Crippen molar-refractivity contribution in [2.75, 3.05) is 6.54 Å². The second-order valence-corrected chi connectivity index (χ2v) is 5.82. The molecule has 1 atom stereocenters. The molecule has 2 nitrogen and oxygen atoms in total. The largest absolute Gasteiger partial charge is 0.464 e. The number of furan rings is 1. The van der Waals surface area contributed by atoms with Crippen LogP contribution in [0.2, 0.25) is 0 Å². The van der Waals surface area contributed by atoms with Crippen LogP contribution in [-0.2, 0) is 6.42 Å². The van der Waals surface area contributed by atoms with Gasteiger partial charge in [0.05, 0.1) is 0 Å². The normalized spacial score (nSPS) is 12.9. The second kappa shape index (κ2) is 5.72. The van der Waals surface area contributed by atoms with Gasteiger partial charge in [0.25, 0.3) is 0 Å². The van der Waals surface area contributed by atoms with Crippen molar-refractivity contribution in [1.82, 2.24) is 5.32 Å². The summed E-state index contributed by atoms with van der Waals surface area (Å²) in [4.78, 5) is 2.72. The van der Waals surface area contributed by atoms with Crippen LogP contribution in [0.5, 0.6) is 0 Å². The van der Waals surface area contributed by atoms with Crippen LogP contribution in [0.15, 0.2) is 22.6 Å². The van der Waals surface area contributed by atoms with E-state index in [0.717, 1.165) is 24.5 Å². The van der Waals surface area contributed by atoms with Crippen molar-refractivity contribution in [2.45, 2.75) is 40.2 Å². The van der Waals surface area contributed by atoms with Crippen LogP contribution in [-0.4, -0.2) is 6.54 Å². The van der Waals surface area contributed by atoms with Gasteiger partial charge in [-0.05, 0) is 44.2 Å². The summed E-state index contributed by atoms with van der Waals surface area (Å²) in [5.41, 5.74) is 1.36. The highest BCUT2D eigenvalue weighted by Crippen LogP contribution is 2.31. The molecule has 0 fully saturated rings. The Labute approximate surface area is 113 Å². The summed E-state index contributed by atoms with van der Waals surface area (Å²) < 4.78 is 5.90. The number of hydrogen-bond acceptors (Lipinski definition) is 3. The van der Waals surface area contributed by atoms with Crippen molar-refractivity contribution in [2.24, 2.45) is 0 Å². The third-order valence-corrected chi connectivity index (χ3v) is 4.41. The number of rotatable bonds is 5. The van der Waals surface area contributed by atoms with E-state index >= 15 is 0 Å². The molecule has 0 saturated heterocycles. The lowest BCUT2D eigenvalue weighted by Gasteiger charge is -2.13. The van der Waals surface area contributed by atoms with Crippen LogP contribution in [0.1, 0.15) is 46.7 Å². The van der Waals surface area contributed by atoms with E-state index in [1.165, 1.54) is 15.3 Å². The molecule has 2 rings (SSSR count). The Hall–Kier alpha value is -1.06. The van der Waals surface area contributed by atoms with Crippen LogP contribution >= 0.6 is 11.3 Å². The fourth-order valence-electron chi connectivity index (χ4n) is 2.03. The highest BCUT2D eigenvalue weighted by Gasteiger charge is 2.19. The molecule has 98 valence electrons. The first-order chi connectivity index (χ1) is 8.65. The zero-order chi connectivity index (χ0) is 13.1. The van der Waals surface area contributed by atoms with Gasteiger partial charge in [0.15, 0.2) is 0 Å². The number of hydrogen-bond donors (Lipinski definition) is 1. The highest BCUT2D eigenvalue weighted by molar-refractivity contribution is 7.12. The number of aryl methyl sites for hydroxylation is 3. The predicted molar refractivity (Wildman–Crippen MR) is 77.4 cm³/mol. The van der Waals surface area contributed by atoms with E-state index in [9.17, 15) is 0 Å². The minimum atomic E-state index is 0.188. The summed E-state index contributed by atoms with van der Waals surface area (Å²) in [6, 6.07) is 6.62. The van der Waals surface area contributed by atoms with E-state index in [2.05, 4.69) is 51.2 Å². The van der Waals surface area contributed by atoms with E-state index in [1.807, 2.05) is 11.3 Å². The summed E-state index contributed by atoms with van der Waals surface area (Å²) in [5.74, 6) is 2.08. The van der Waals surface area contributed by atoms with E-state index in [0.29, 0.717) is 0 Å². The predicted octanol–water partition coefficient (Wildman–Crippen LogP) is 4.22. The first-order valence-corrected chi connectivity index (χ1v) is 7.36. The maximum atomic E-state index is 5.90. The van der Waals surface area contributed by atoms with Gasteiger partial charge in [0.2, 0.25) is 0 Å². The Morgan fingerprint density at radius 1 is 1.28 bits per heavy atom. The molecule has 18 heavy (non-hydrogen) atoms. The summed E-state index contributed by atoms with van der Waals surface area (Å²) in [5, 5.41) is 3.51. The Kier molecular flexibility index (Phi) is 4.25. The van der Waals surface area contributed by atoms with Gasteiger partial charge in [0, 0.05) is 16.2 Å². The Morgan fingerprint density at radius 3 is 2.56 bits per heavy atom. The molecule has 0 spiro atoms. The Balaban J connectivity index is 2.32. The van der Waals surface area contributed by atoms with Crippen LogP contribution in [0.3, 0.4) is 0 Å². The average molecular weight is 263 g/mol. The SMILES string of the molecule is CCNC(c1ccc(CC)o1)c1cc(C)c(C)s1. The summed E-state index contributed by atoms with van der Waals surface area (Å²) in [6.45, 7) is 9.52. The van der Waals surface area contributed by atoms with E-state index in [4.69, 9.17) is 4.42 Å². The molecule has 0 bridgehead atoms. The molecule has 3 heteroatoms. The molecular formula is C15H21NOS. The minimum Gasteiger partial charge on any atom is -0.464 e. The molecule has 0 aliphatic carbocycles. The maximum Gasteiger partial charge on any atom is 0.126 e. The molecule has 1 unspecified atom stereocenters. The van der Waals surface area contributed by atoms with Gasteiger partial charge in [-0.15, -0.1) is 11.3 Å². The molecule has 0 radical (unpaired) electrons. The summed E-state index contributed by atoms with van der Waals surface area (Å²) in [6.07, 6.45) is 0.946. The molecule has 2 aromatic rings. The maximum absolute atomic E-state index is 5.90. The first-order valence-electron chi connectivity index (χ1n) is 6.54. The summed E-state index contributed by atoms with van der Waals surface area (Å²) >= 11 is 1.85. The van der Waals surface area contributed by atoms with Gasteiger partial charge in [-0.3, -0.25) is 0 Å². The van der Waals surface area contributed by atoms with Gasteiger partial charge in [-0.2, -0.15) is 0 Å². The van der Waals surface area contributed by atoms with E-state index in [-0.39, 0.29) is 6.04 Å². The van der Waals surface area contributed by atoms with Gasteiger partial charge in [-0.25, -0.2) is 0 Å². The van der Waals surface area contributed by atoms with E-state index < -0.39 is 0 Å². The minimum absolute atomic E-state index is 0.188. The molecule has 0 saturated carbocycles. The van der Waals surface area contributed by atoms with Crippen LogP contribution in [0.4, 0.5) is 0 Å². The van der Waals surface area contributed by atoms with Crippen LogP contribution < -0.4 is 5.32 Å². The molecule has 0 aromatic carbocycles.